The van der Waals surface area contributed by atoms with Gasteiger partial charge in [-0.05, 0) is 49.7 Å². The molecule has 1 heterocycles. The maximum absolute atomic E-state index is 14.2. The molecule has 1 aliphatic heterocycles. The van der Waals surface area contributed by atoms with Crippen LogP contribution in [-0.4, -0.2) is 39.7 Å². The van der Waals surface area contributed by atoms with E-state index in [1.54, 1.807) is 4.90 Å². The number of nitrogens with zero attached hydrogens (tertiary/aromatic N) is 2. The van der Waals surface area contributed by atoms with Gasteiger partial charge in [0, 0.05) is 19.0 Å². The van der Waals surface area contributed by atoms with Crippen molar-refractivity contribution in [3.8, 4) is 0 Å². The summed E-state index contributed by atoms with van der Waals surface area (Å²) in [5.74, 6) is -2.32. The number of benzene rings is 1. The molecule has 1 saturated heterocycles. The topological polar surface area (TPSA) is 61.8 Å². The molecular formula is C21H25F2N3O2S. The van der Waals surface area contributed by atoms with Crippen molar-refractivity contribution < 1.29 is 18.4 Å². The fraction of sp³-hybridized carbons (Fsp3) is 0.571. The van der Waals surface area contributed by atoms with Gasteiger partial charge in [-0.2, -0.15) is 0 Å². The summed E-state index contributed by atoms with van der Waals surface area (Å²) < 4.78 is 27.8. The van der Waals surface area contributed by atoms with Crippen LogP contribution in [0.4, 0.5) is 14.5 Å². The van der Waals surface area contributed by atoms with Crippen LogP contribution in [0.2, 0.25) is 0 Å². The number of carbonyl (C=O) groups is 2. The van der Waals surface area contributed by atoms with E-state index in [0.29, 0.717) is 11.7 Å². The molecule has 0 bridgehead atoms. The molecule has 29 heavy (non-hydrogen) atoms. The standard InChI is InChI=1S/C21H25F2N3O2S/c1-2-21(9-4-10-21)12-26-19(28)16(11-17(27)24-13-7-8-13)29-20(26)25-15-6-3-5-14(22)18(15)23/h3,5-6,13,16H,2,4,7-12H2,1H3,(H,24,27). The van der Waals surface area contributed by atoms with Gasteiger partial charge in [0.2, 0.25) is 11.8 Å². The number of hydrogen-bond donors (Lipinski definition) is 1. The Kier molecular flexibility index (Phi) is 5.64. The highest BCUT2D eigenvalue weighted by atomic mass is 32.2. The van der Waals surface area contributed by atoms with Crippen LogP contribution >= 0.6 is 11.8 Å². The molecule has 0 radical (unpaired) electrons. The molecule has 5 nitrogen and oxygen atoms in total. The van der Waals surface area contributed by atoms with Crippen LogP contribution in [0.5, 0.6) is 0 Å². The number of amides is 2. The molecule has 4 rings (SSSR count). The number of thioether (sulfide) groups is 1. The highest BCUT2D eigenvalue weighted by molar-refractivity contribution is 8.15. The Balaban J connectivity index is 1.58. The minimum atomic E-state index is -1.03. The Bertz CT molecular complexity index is 847. The fourth-order valence-electron chi connectivity index (χ4n) is 3.87. The average molecular weight is 422 g/mol. The zero-order valence-corrected chi connectivity index (χ0v) is 17.2. The second-order valence-electron chi connectivity index (χ2n) is 8.25. The average Bonchev–Trinajstić information content (AvgIpc) is 3.42. The summed E-state index contributed by atoms with van der Waals surface area (Å²) in [6, 6.07) is 4.05. The van der Waals surface area contributed by atoms with Crippen LogP contribution < -0.4 is 5.32 Å². The Labute approximate surface area is 173 Å². The summed E-state index contributed by atoms with van der Waals surface area (Å²) in [7, 11) is 0. The molecule has 8 heteroatoms. The van der Waals surface area contributed by atoms with Crippen LogP contribution in [0.15, 0.2) is 23.2 Å². The molecule has 156 valence electrons. The molecule has 1 unspecified atom stereocenters. The largest absolute Gasteiger partial charge is 0.353 e. The van der Waals surface area contributed by atoms with E-state index in [2.05, 4.69) is 17.2 Å². The molecule has 0 spiro atoms. The summed E-state index contributed by atoms with van der Waals surface area (Å²) in [6.45, 7) is 2.61. The van der Waals surface area contributed by atoms with Gasteiger partial charge < -0.3 is 5.32 Å². The first-order valence-electron chi connectivity index (χ1n) is 10.2. The van der Waals surface area contributed by atoms with Crippen LogP contribution in [0.1, 0.15) is 51.9 Å². The monoisotopic (exact) mass is 421 g/mol. The number of halogens is 2. The van der Waals surface area contributed by atoms with E-state index in [9.17, 15) is 18.4 Å². The molecule has 1 N–H and O–H groups in total. The van der Waals surface area contributed by atoms with Crippen molar-refractivity contribution in [2.45, 2.75) is 63.2 Å². The summed E-state index contributed by atoms with van der Waals surface area (Å²) in [6.07, 6.45) is 6.17. The maximum atomic E-state index is 14.2. The third-order valence-corrected chi connectivity index (χ3v) is 7.31. The lowest BCUT2D eigenvalue weighted by Gasteiger charge is -2.43. The smallest absolute Gasteiger partial charge is 0.242 e. The van der Waals surface area contributed by atoms with Gasteiger partial charge in [-0.3, -0.25) is 14.5 Å². The van der Waals surface area contributed by atoms with E-state index < -0.39 is 16.9 Å². The third-order valence-electron chi connectivity index (χ3n) is 6.14. The first kappa shape index (κ1) is 20.3. The van der Waals surface area contributed by atoms with Gasteiger partial charge >= 0.3 is 0 Å². The van der Waals surface area contributed by atoms with Gasteiger partial charge in [0.05, 0.1) is 0 Å². The summed E-state index contributed by atoms with van der Waals surface area (Å²) in [4.78, 5) is 31.2. The molecule has 1 aromatic rings. The number of amidine groups is 1. The molecule has 1 atom stereocenters. The van der Waals surface area contributed by atoms with Gasteiger partial charge in [0.15, 0.2) is 16.8 Å². The Morgan fingerprint density at radius 1 is 1.34 bits per heavy atom. The predicted molar refractivity (Wildman–Crippen MR) is 109 cm³/mol. The van der Waals surface area contributed by atoms with Gasteiger partial charge in [-0.15, -0.1) is 0 Å². The lowest BCUT2D eigenvalue weighted by molar-refractivity contribution is -0.130. The Hall–Kier alpha value is -1.96. The van der Waals surface area contributed by atoms with Gasteiger partial charge in [-0.25, -0.2) is 13.8 Å². The quantitative estimate of drug-likeness (QED) is 0.720. The maximum Gasteiger partial charge on any atom is 0.242 e. The van der Waals surface area contributed by atoms with Crippen LogP contribution in [0, 0.1) is 17.0 Å². The fourth-order valence-corrected chi connectivity index (χ4v) is 5.02. The highest BCUT2D eigenvalue weighted by Gasteiger charge is 2.45. The third kappa shape index (κ3) is 4.32. The first-order chi connectivity index (χ1) is 13.9. The molecule has 2 saturated carbocycles. The van der Waals surface area contributed by atoms with Crippen molar-refractivity contribution in [2.75, 3.05) is 6.54 Å². The normalized spacial score (nSPS) is 24.7. The zero-order chi connectivity index (χ0) is 20.6. The molecule has 3 aliphatic rings. The molecule has 0 aromatic heterocycles. The molecule has 1 aromatic carbocycles. The highest BCUT2D eigenvalue weighted by Crippen LogP contribution is 2.46. The van der Waals surface area contributed by atoms with Crippen molar-refractivity contribution in [2.24, 2.45) is 10.4 Å². The minimum absolute atomic E-state index is 0.0443. The number of nitrogens with one attached hydrogen (secondary N) is 1. The van der Waals surface area contributed by atoms with Crippen LogP contribution in [0.25, 0.3) is 0 Å². The van der Waals surface area contributed by atoms with E-state index in [1.165, 1.54) is 23.9 Å². The van der Waals surface area contributed by atoms with E-state index in [0.717, 1.165) is 44.6 Å². The van der Waals surface area contributed by atoms with E-state index in [1.807, 2.05) is 0 Å². The Morgan fingerprint density at radius 2 is 2.10 bits per heavy atom. The number of aliphatic imine (C=N–C) groups is 1. The van der Waals surface area contributed by atoms with Crippen molar-refractivity contribution in [1.29, 1.82) is 0 Å². The minimum Gasteiger partial charge on any atom is -0.353 e. The van der Waals surface area contributed by atoms with E-state index in [4.69, 9.17) is 0 Å². The SMILES string of the molecule is CCC1(CN2C(=O)C(CC(=O)NC3CC3)SC2=Nc2cccc(F)c2F)CCC1. The van der Waals surface area contributed by atoms with Gasteiger partial charge in [0.25, 0.3) is 0 Å². The van der Waals surface area contributed by atoms with Crippen molar-refractivity contribution in [3.05, 3.63) is 29.8 Å². The second kappa shape index (κ2) is 8.05. The summed E-state index contributed by atoms with van der Waals surface area (Å²) in [5, 5.41) is 2.67. The number of rotatable bonds is 7. The molecule has 3 fully saturated rings. The first-order valence-corrected chi connectivity index (χ1v) is 11.1. The van der Waals surface area contributed by atoms with Gasteiger partial charge in [-0.1, -0.05) is 31.2 Å². The lowest BCUT2D eigenvalue weighted by Crippen LogP contribution is -2.45. The van der Waals surface area contributed by atoms with Crippen molar-refractivity contribution in [1.82, 2.24) is 10.2 Å². The molecule has 2 amide bonds. The van der Waals surface area contributed by atoms with Crippen LogP contribution in [0.3, 0.4) is 0 Å². The molecular weight excluding hydrogens is 396 g/mol. The molecule has 2 aliphatic carbocycles. The van der Waals surface area contributed by atoms with Crippen LogP contribution in [-0.2, 0) is 9.59 Å². The van der Waals surface area contributed by atoms with E-state index in [-0.39, 0.29) is 35.4 Å². The van der Waals surface area contributed by atoms with Gasteiger partial charge in [0.1, 0.15) is 10.9 Å². The van der Waals surface area contributed by atoms with Crippen molar-refractivity contribution in [3.63, 3.8) is 0 Å². The lowest BCUT2D eigenvalue weighted by atomic mass is 9.67. The summed E-state index contributed by atoms with van der Waals surface area (Å²) in [5.41, 5.74) is -0.0876. The second-order valence-corrected chi connectivity index (χ2v) is 9.42. The van der Waals surface area contributed by atoms with E-state index >= 15 is 0 Å². The Morgan fingerprint density at radius 3 is 2.72 bits per heavy atom. The summed E-state index contributed by atoms with van der Waals surface area (Å²) >= 11 is 1.17. The van der Waals surface area contributed by atoms with Crippen molar-refractivity contribution >= 4 is 34.4 Å². The zero-order valence-electron chi connectivity index (χ0n) is 16.4. The number of hydrogen-bond acceptors (Lipinski definition) is 4. The number of carbonyl (C=O) groups excluding carboxylic acids is 2. The predicted octanol–water partition coefficient (Wildman–Crippen LogP) is 4.15.